The lowest BCUT2D eigenvalue weighted by Crippen LogP contribution is -2.13. The van der Waals surface area contributed by atoms with Gasteiger partial charge in [0.05, 0.1) is 0 Å². The minimum absolute atomic E-state index is 0.977. The summed E-state index contributed by atoms with van der Waals surface area (Å²) in [6.07, 6.45) is 11.7. The van der Waals surface area contributed by atoms with Gasteiger partial charge in [-0.2, -0.15) is 0 Å². The molecule has 0 heteroatoms. The van der Waals surface area contributed by atoms with Gasteiger partial charge in [-0.15, -0.1) is 0 Å². The maximum Gasteiger partial charge on any atom is -0.0391 e. The largest absolute Gasteiger partial charge is 0.0651 e. The van der Waals surface area contributed by atoms with Gasteiger partial charge in [0.1, 0.15) is 0 Å². The van der Waals surface area contributed by atoms with Crippen LogP contribution in [0, 0.1) is 17.8 Å². The average molecular weight is 196 g/mol. The quantitative estimate of drug-likeness (QED) is 0.552. The van der Waals surface area contributed by atoms with E-state index in [0.29, 0.717) is 0 Å². The molecular formula is C14H28. The van der Waals surface area contributed by atoms with Gasteiger partial charge in [0.15, 0.2) is 0 Å². The van der Waals surface area contributed by atoms with Crippen LogP contribution in [0.5, 0.6) is 0 Å². The first-order chi connectivity index (χ1) is 6.74. The molecular weight excluding hydrogens is 168 g/mol. The van der Waals surface area contributed by atoms with Crippen LogP contribution in [0.15, 0.2) is 0 Å². The third-order valence-electron chi connectivity index (χ3n) is 4.22. The molecule has 0 bridgehead atoms. The van der Waals surface area contributed by atoms with E-state index in [-0.39, 0.29) is 0 Å². The summed E-state index contributed by atoms with van der Waals surface area (Å²) in [5.74, 6) is 2.97. The van der Waals surface area contributed by atoms with Crippen molar-refractivity contribution in [1.29, 1.82) is 0 Å². The predicted octanol–water partition coefficient (Wildman–Crippen LogP) is 5.03. The van der Waals surface area contributed by atoms with E-state index < -0.39 is 0 Å². The van der Waals surface area contributed by atoms with Gasteiger partial charge in [-0.1, -0.05) is 65.7 Å². The zero-order chi connectivity index (χ0) is 10.4. The van der Waals surface area contributed by atoms with Crippen LogP contribution < -0.4 is 0 Å². The Labute approximate surface area is 90.5 Å². The van der Waals surface area contributed by atoms with E-state index >= 15 is 0 Å². The summed E-state index contributed by atoms with van der Waals surface area (Å²) in [6.45, 7) is 7.29. The van der Waals surface area contributed by atoms with E-state index in [9.17, 15) is 0 Å². The van der Waals surface area contributed by atoms with Crippen molar-refractivity contribution in [3.05, 3.63) is 0 Å². The van der Waals surface area contributed by atoms with E-state index in [4.69, 9.17) is 0 Å². The van der Waals surface area contributed by atoms with Crippen LogP contribution in [0.3, 0.4) is 0 Å². The lowest BCUT2D eigenvalue weighted by atomic mass is 9.80. The summed E-state index contributed by atoms with van der Waals surface area (Å²) in [6, 6.07) is 0. The highest BCUT2D eigenvalue weighted by Gasteiger charge is 2.17. The second-order valence-electron chi connectivity index (χ2n) is 5.47. The minimum atomic E-state index is 0.977. The Kier molecular flexibility index (Phi) is 5.59. The summed E-state index contributed by atoms with van der Waals surface area (Å²) in [5, 5.41) is 0. The van der Waals surface area contributed by atoms with E-state index in [1.54, 1.807) is 0 Å². The fraction of sp³-hybridized carbons (Fsp3) is 1.00. The normalized spacial score (nSPS) is 36.6. The maximum absolute atomic E-state index is 2.47. The molecule has 0 amide bonds. The summed E-state index contributed by atoms with van der Waals surface area (Å²) < 4.78 is 0. The molecule has 1 rings (SSSR count). The topological polar surface area (TPSA) is 0 Å². The molecule has 1 aliphatic rings. The summed E-state index contributed by atoms with van der Waals surface area (Å²) in [4.78, 5) is 0. The van der Waals surface area contributed by atoms with Crippen LogP contribution in [0.4, 0.5) is 0 Å². The van der Waals surface area contributed by atoms with Crippen LogP contribution in [0.1, 0.15) is 72.1 Å². The molecule has 0 aromatic heterocycles. The number of hydrogen-bond donors (Lipinski definition) is 0. The molecule has 1 aliphatic carbocycles. The molecule has 0 nitrogen and oxygen atoms in total. The monoisotopic (exact) mass is 196 g/mol. The van der Waals surface area contributed by atoms with Crippen LogP contribution in [-0.2, 0) is 0 Å². The van der Waals surface area contributed by atoms with Crippen molar-refractivity contribution in [1.82, 2.24) is 0 Å². The van der Waals surface area contributed by atoms with Gasteiger partial charge in [0, 0.05) is 0 Å². The van der Waals surface area contributed by atoms with E-state index in [1.807, 2.05) is 0 Å². The Bertz CT molecular complexity index is 139. The third-order valence-corrected chi connectivity index (χ3v) is 4.22. The van der Waals surface area contributed by atoms with Crippen LogP contribution in [0.25, 0.3) is 0 Å². The van der Waals surface area contributed by atoms with Crippen molar-refractivity contribution in [3.8, 4) is 0 Å². The minimum Gasteiger partial charge on any atom is -0.0651 e. The Hall–Kier alpha value is 0. The maximum atomic E-state index is 2.47. The van der Waals surface area contributed by atoms with E-state index in [0.717, 1.165) is 17.8 Å². The molecule has 0 aliphatic heterocycles. The molecule has 0 aromatic rings. The molecule has 3 unspecified atom stereocenters. The standard InChI is InChI=1S/C14H28/c1-4-14-11-10-12(2)8-6-5-7-9-13(14)3/h12-14H,4-11H2,1-3H3. The zero-order valence-corrected chi connectivity index (χ0v) is 10.4. The van der Waals surface area contributed by atoms with Gasteiger partial charge < -0.3 is 0 Å². The van der Waals surface area contributed by atoms with Crippen LogP contribution in [0.2, 0.25) is 0 Å². The first-order valence-corrected chi connectivity index (χ1v) is 6.74. The second-order valence-corrected chi connectivity index (χ2v) is 5.47. The van der Waals surface area contributed by atoms with E-state index in [1.165, 1.54) is 51.4 Å². The highest BCUT2D eigenvalue weighted by Crippen LogP contribution is 2.30. The summed E-state index contributed by atoms with van der Waals surface area (Å²) >= 11 is 0. The van der Waals surface area contributed by atoms with Crippen molar-refractivity contribution >= 4 is 0 Å². The fourth-order valence-electron chi connectivity index (χ4n) is 2.91. The number of hydrogen-bond acceptors (Lipinski definition) is 0. The molecule has 0 heterocycles. The Balaban J connectivity index is 2.41. The predicted molar refractivity (Wildman–Crippen MR) is 64.4 cm³/mol. The molecule has 1 fully saturated rings. The highest BCUT2D eigenvalue weighted by atomic mass is 14.2. The smallest absolute Gasteiger partial charge is 0.0391 e. The Morgan fingerprint density at radius 1 is 0.857 bits per heavy atom. The van der Waals surface area contributed by atoms with Gasteiger partial charge in [-0.25, -0.2) is 0 Å². The Morgan fingerprint density at radius 2 is 1.57 bits per heavy atom. The number of rotatable bonds is 1. The Morgan fingerprint density at radius 3 is 2.29 bits per heavy atom. The van der Waals surface area contributed by atoms with Gasteiger partial charge in [-0.05, 0) is 24.2 Å². The van der Waals surface area contributed by atoms with Crippen LogP contribution in [-0.4, -0.2) is 0 Å². The lowest BCUT2D eigenvalue weighted by molar-refractivity contribution is 0.263. The van der Waals surface area contributed by atoms with E-state index in [2.05, 4.69) is 20.8 Å². The van der Waals surface area contributed by atoms with Gasteiger partial charge in [0.2, 0.25) is 0 Å². The molecule has 0 spiro atoms. The fourth-order valence-corrected chi connectivity index (χ4v) is 2.91. The van der Waals surface area contributed by atoms with Crippen molar-refractivity contribution in [3.63, 3.8) is 0 Å². The molecule has 14 heavy (non-hydrogen) atoms. The first-order valence-electron chi connectivity index (χ1n) is 6.74. The molecule has 0 aromatic carbocycles. The lowest BCUT2D eigenvalue weighted by Gasteiger charge is -2.25. The third kappa shape index (κ3) is 4.02. The molecule has 0 N–H and O–H groups in total. The van der Waals surface area contributed by atoms with Gasteiger partial charge in [0.25, 0.3) is 0 Å². The summed E-state index contributed by atoms with van der Waals surface area (Å²) in [5.41, 5.74) is 0. The second kappa shape index (κ2) is 6.48. The van der Waals surface area contributed by atoms with Gasteiger partial charge >= 0.3 is 0 Å². The van der Waals surface area contributed by atoms with Crippen molar-refractivity contribution in [2.75, 3.05) is 0 Å². The first kappa shape index (κ1) is 12.1. The van der Waals surface area contributed by atoms with Crippen molar-refractivity contribution in [2.24, 2.45) is 17.8 Å². The van der Waals surface area contributed by atoms with Crippen molar-refractivity contribution in [2.45, 2.75) is 72.1 Å². The highest BCUT2D eigenvalue weighted by molar-refractivity contribution is 4.69. The summed E-state index contributed by atoms with van der Waals surface area (Å²) in [7, 11) is 0. The van der Waals surface area contributed by atoms with Crippen LogP contribution >= 0.6 is 0 Å². The molecule has 0 radical (unpaired) electrons. The molecule has 1 saturated carbocycles. The SMILES string of the molecule is CCC1CCC(C)CCCCCC1C. The molecule has 3 atom stereocenters. The van der Waals surface area contributed by atoms with Gasteiger partial charge in [-0.3, -0.25) is 0 Å². The molecule has 0 saturated heterocycles. The molecule has 84 valence electrons. The average Bonchev–Trinajstić information content (AvgIpc) is 2.18. The zero-order valence-electron chi connectivity index (χ0n) is 10.4. The van der Waals surface area contributed by atoms with Crippen molar-refractivity contribution < 1.29 is 0 Å².